The number of aromatic nitrogens is 4. The predicted molar refractivity (Wildman–Crippen MR) is 273 cm³/mol. The van der Waals surface area contributed by atoms with Gasteiger partial charge >= 0.3 is 5.97 Å². The number of anilines is 3. The van der Waals surface area contributed by atoms with Crippen molar-refractivity contribution in [2.45, 2.75) is 70.8 Å². The molecule has 0 aliphatic carbocycles. The summed E-state index contributed by atoms with van der Waals surface area (Å²) in [4.78, 5) is 77.5. The number of piperidine rings is 2. The van der Waals surface area contributed by atoms with E-state index >= 15 is 0 Å². The van der Waals surface area contributed by atoms with Crippen LogP contribution < -0.4 is 25.6 Å². The molecule has 7 aromatic rings. The van der Waals surface area contributed by atoms with E-state index < -0.39 is 11.9 Å². The Bertz CT molecular complexity index is 3190. The van der Waals surface area contributed by atoms with Gasteiger partial charge in [-0.15, -0.1) is 0 Å². The molecule has 3 aromatic heterocycles. The Morgan fingerprint density at radius 2 is 1.76 bits per heavy atom. The van der Waals surface area contributed by atoms with Crippen LogP contribution in [0.1, 0.15) is 94.1 Å². The van der Waals surface area contributed by atoms with Gasteiger partial charge in [-0.05, 0) is 141 Å². The molecule has 4 aromatic carbocycles. The number of fused-ring (bicyclic) bond motifs is 3. The number of imide groups is 1. The van der Waals surface area contributed by atoms with Crippen molar-refractivity contribution in [1.29, 1.82) is 0 Å². The number of amides is 4. The van der Waals surface area contributed by atoms with E-state index in [1.807, 2.05) is 110 Å². The Hall–Kier alpha value is -7.50. The number of carboxylic acids is 1. The molecular formula is C54H55N9O7S. The van der Waals surface area contributed by atoms with Gasteiger partial charge < -0.3 is 20.1 Å². The maximum absolute atomic E-state index is 13.6. The molecule has 4 amide bonds. The fourth-order valence-corrected chi connectivity index (χ4v) is 11.2. The SMILES string of the molecule is Cc1c(OCCCCC2CCCN(CC(=O)Nc3ccc4c(C5CCC(=O)NC5=O)nn(C)c4c3)C2)cccc1-c1ccc(N2CCc3cccc(C(=O)Nc4nc5ccccc5s4)c3C2)nc1C(=O)O. The molecule has 6 heterocycles. The van der Waals surface area contributed by atoms with Crippen LogP contribution in [-0.4, -0.2) is 92.1 Å². The standard InChI is InChI=1S/C54H55N9O7S/c1-32-36(37-20-22-46(57-50(37)53(68)69)63-26-24-34-12-7-14-38(41(34)30-63)51(66)59-54-56-42-15-3-4-17-45(42)71-54)13-8-16-44(32)70-27-6-5-10-33-11-9-25-62(29-33)31-48(65)55-35-18-19-39-43(28-35)61(2)60-49(39)40-21-23-47(64)58-52(40)67/h3-4,7-8,12-20,22,28,33,40H,5-6,9-11,21,23-27,29-31H2,1-2H3,(H,55,65)(H,68,69)(H,56,59,66)(H,58,64,67). The van der Waals surface area contributed by atoms with E-state index in [9.17, 15) is 29.1 Å². The van der Waals surface area contributed by atoms with Gasteiger partial charge in [-0.3, -0.25) is 39.4 Å². The summed E-state index contributed by atoms with van der Waals surface area (Å²) in [5.41, 5.74) is 7.44. The van der Waals surface area contributed by atoms with Crippen molar-refractivity contribution in [3.63, 3.8) is 0 Å². The van der Waals surface area contributed by atoms with E-state index in [-0.39, 0.29) is 35.7 Å². The number of unbranched alkanes of at least 4 members (excludes halogenated alkanes) is 1. The molecule has 0 bridgehead atoms. The number of benzene rings is 4. The van der Waals surface area contributed by atoms with E-state index in [1.54, 1.807) is 4.68 Å². The number of likely N-dealkylation sites (tertiary alicyclic amines) is 1. The van der Waals surface area contributed by atoms with Gasteiger partial charge in [0, 0.05) is 55.3 Å². The lowest BCUT2D eigenvalue weighted by Gasteiger charge is -2.32. The molecule has 364 valence electrons. The largest absolute Gasteiger partial charge is 0.493 e. The van der Waals surface area contributed by atoms with Crippen molar-refractivity contribution in [2.75, 3.05) is 48.3 Å². The summed E-state index contributed by atoms with van der Waals surface area (Å²) >= 11 is 1.43. The number of pyridine rings is 1. The number of aryl methyl sites for hydroxylation is 1. The number of hydrogen-bond acceptors (Lipinski definition) is 12. The molecule has 0 saturated carbocycles. The second-order valence-electron chi connectivity index (χ2n) is 18.7. The van der Waals surface area contributed by atoms with Gasteiger partial charge in [0.05, 0.1) is 40.5 Å². The number of aromatic carboxylic acids is 1. The van der Waals surface area contributed by atoms with Crippen LogP contribution in [-0.2, 0) is 34.4 Å². The highest BCUT2D eigenvalue weighted by Gasteiger charge is 2.32. The Morgan fingerprint density at radius 1 is 0.901 bits per heavy atom. The van der Waals surface area contributed by atoms with Crippen LogP contribution in [0.4, 0.5) is 16.6 Å². The highest BCUT2D eigenvalue weighted by atomic mass is 32.1. The van der Waals surface area contributed by atoms with E-state index in [4.69, 9.17) is 9.72 Å². The number of para-hydroxylation sites is 1. The first-order chi connectivity index (χ1) is 34.4. The van der Waals surface area contributed by atoms with E-state index in [0.29, 0.717) is 84.2 Å². The molecule has 4 N–H and O–H groups in total. The van der Waals surface area contributed by atoms with Crippen LogP contribution in [0.25, 0.3) is 32.2 Å². The average molecular weight is 974 g/mol. The minimum absolute atomic E-state index is 0.0530. The minimum Gasteiger partial charge on any atom is -0.493 e. The van der Waals surface area contributed by atoms with Gasteiger partial charge in [-0.25, -0.2) is 14.8 Å². The molecule has 2 atom stereocenters. The van der Waals surface area contributed by atoms with Crippen LogP contribution in [0.3, 0.4) is 0 Å². The van der Waals surface area contributed by atoms with Crippen LogP contribution in [0, 0.1) is 12.8 Å². The Kier molecular flexibility index (Phi) is 13.6. The number of rotatable bonds is 15. The topological polar surface area (TPSA) is 201 Å². The molecular weight excluding hydrogens is 919 g/mol. The lowest BCUT2D eigenvalue weighted by molar-refractivity contribution is -0.134. The monoisotopic (exact) mass is 973 g/mol. The first-order valence-corrected chi connectivity index (χ1v) is 25.1. The molecule has 71 heavy (non-hydrogen) atoms. The zero-order valence-electron chi connectivity index (χ0n) is 39.7. The number of nitrogens with one attached hydrogen (secondary N) is 3. The molecule has 10 rings (SSSR count). The maximum atomic E-state index is 13.6. The van der Waals surface area contributed by atoms with Crippen molar-refractivity contribution in [3.05, 3.63) is 125 Å². The van der Waals surface area contributed by atoms with Gasteiger partial charge in [0.15, 0.2) is 10.8 Å². The van der Waals surface area contributed by atoms with E-state index in [1.165, 1.54) is 11.3 Å². The van der Waals surface area contributed by atoms with Gasteiger partial charge in [0.25, 0.3) is 5.91 Å². The molecule has 0 spiro atoms. The third kappa shape index (κ3) is 10.2. The zero-order valence-corrected chi connectivity index (χ0v) is 40.5. The summed E-state index contributed by atoms with van der Waals surface area (Å²) in [6.45, 7) is 5.47. The first kappa shape index (κ1) is 47.2. The number of carbonyl (C=O) groups is 5. The molecule has 16 nitrogen and oxygen atoms in total. The van der Waals surface area contributed by atoms with Crippen LogP contribution >= 0.6 is 11.3 Å². The third-order valence-electron chi connectivity index (χ3n) is 14.0. The quantitative estimate of drug-likeness (QED) is 0.0565. The minimum atomic E-state index is -1.13. The van der Waals surface area contributed by atoms with Crippen LogP contribution in [0.2, 0.25) is 0 Å². The van der Waals surface area contributed by atoms with Crippen LogP contribution in [0.5, 0.6) is 5.75 Å². The number of ether oxygens (including phenoxy) is 1. The normalized spacial score (nSPS) is 17.2. The number of thiazole rings is 1. The maximum Gasteiger partial charge on any atom is 0.355 e. The molecule has 17 heteroatoms. The van der Waals surface area contributed by atoms with Gasteiger partial charge in [-0.1, -0.05) is 47.7 Å². The second-order valence-corrected chi connectivity index (χ2v) is 19.8. The predicted octanol–water partition coefficient (Wildman–Crippen LogP) is 8.49. The average Bonchev–Trinajstić information content (AvgIpc) is 3.93. The molecule has 2 fully saturated rings. The summed E-state index contributed by atoms with van der Waals surface area (Å²) in [6, 6.07) is 28.4. The summed E-state index contributed by atoms with van der Waals surface area (Å²) in [5.74, 6) is -0.856. The van der Waals surface area contributed by atoms with Crippen molar-refractivity contribution < 1.29 is 33.8 Å². The fourth-order valence-electron chi connectivity index (χ4n) is 10.4. The molecule has 2 saturated heterocycles. The molecule has 3 aliphatic heterocycles. The second kappa shape index (κ2) is 20.5. The van der Waals surface area contributed by atoms with Gasteiger partial charge in [-0.2, -0.15) is 5.10 Å². The molecule has 3 aliphatic rings. The lowest BCUT2D eigenvalue weighted by atomic mass is 9.92. The summed E-state index contributed by atoms with van der Waals surface area (Å²) < 4.78 is 9.02. The van der Waals surface area contributed by atoms with Gasteiger partial charge in [0.2, 0.25) is 17.7 Å². The molecule has 0 radical (unpaired) electrons. The Balaban J connectivity index is 0.714. The van der Waals surface area contributed by atoms with Crippen molar-refractivity contribution in [3.8, 4) is 16.9 Å². The number of carboxylic acid groups (broad SMARTS) is 1. The third-order valence-corrected chi connectivity index (χ3v) is 14.9. The van der Waals surface area contributed by atoms with Gasteiger partial charge in [0.1, 0.15) is 11.6 Å². The number of nitrogens with zero attached hydrogens (tertiary/aromatic N) is 6. The van der Waals surface area contributed by atoms with Crippen molar-refractivity contribution in [1.82, 2.24) is 30.0 Å². The van der Waals surface area contributed by atoms with E-state index in [2.05, 4.69) is 30.9 Å². The Labute approximate surface area is 414 Å². The van der Waals surface area contributed by atoms with Crippen molar-refractivity contribution >= 4 is 78.7 Å². The Morgan fingerprint density at radius 3 is 2.61 bits per heavy atom. The highest BCUT2D eigenvalue weighted by Crippen LogP contribution is 2.36. The summed E-state index contributed by atoms with van der Waals surface area (Å²) in [5, 5.41) is 24.9. The van der Waals surface area contributed by atoms with Crippen molar-refractivity contribution in [2.24, 2.45) is 13.0 Å². The smallest absolute Gasteiger partial charge is 0.355 e. The summed E-state index contributed by atoms with van der Waals surface area (Å²) in [7, 11) is 1.81. The van der Waals surface area contributed by atoms with Crippen LogP contribution in [0.15, 0.2) is 91.0 Å². The lowest BCUT2D eigenvalue weighted by Crippen LogP contribution is -2.40. The van der Waals surface area contributed by atoms with E-state index in [0.717, 1.165) is 88.6 Å². The first-order valence-electron chi connectivity index (χ1n) is 24.3. The number of carbonyl (C=O) groups excluding carboxylic acids is 4. The fraction of sp³-hybridized carbons (Fsp3) is 0.333. The molecule has 2 unspecified atom stereocenters. The highest BCUT2D eigenvalue weighted by molar-refractivity contribution is 7.22. The zero-order chi connectivity index (χ0) is 49.2. The summed E-state index contributed by atoms with van der Waals surface area (Å²) in [6.07, 6.45) is 6.35. The number of hydrogen-bond donors (Lipinski definition) is 4.